The Morgan fingerprint density at radius 1 is 1.50 bits per heavy atom. The van der Waals surface area contributed by atoms with E-state index in [0.29, 0.717) is 23.9 Å². The highest BCUT2D eigenvalue weighted by molar-refractivity contribution is 6.28. The van der Waals surface area contributed by atoms with Crippen LogP contribution in [0.2, 0.25) is 5.28 Å². The first kappa shape index (κ1) is 9.06. The maximum Gasteiger partial charge on any atom is 0.241 e. The van der Waals surface area contributed by atoms with E-state index in [0.717, 1.165) is 0 Å². The van der Waals surface area contributed by atoms with Crippen LogP contribution in [0.1, 0.15) is 12.6 Å². The smallest absolute Gasteiger partial charge is 0.241 e. The lowest BCUT2D eigenvalue weighted by Gasteiger charge is -2.06. The largest absolute Gasteiger partial charge is 0.476 e. The number of hydrogen-bond donors (Lipinski definition) is 1. The van der Waals surface area contributed by atoms with Crippen molar-refractivity contribution >= 4 is 17.3 Å². The van der Waals surface area contributed by atoms with Crippen molar-refractivity contribution in [2.24, 2.45) is 0 Å². The van der Waals surface area contributed by atoms with Crippen LogP contribution in [-0.2, 0) is 0 Å². The summed E-state index contributed by atoms with van der Waals surface area (Å²) in [6.45, 7) is 4.12. The molecular weight excluding hydrogens is 178 g/mol. The maximum atomic E-state index is 5.63. The lowest BCUT2D eigenvalue weighted by molar-refractivity contribution is 0.328. The Morgan fingerprint density at radius 2 is 2.17 bits per heavy atom. The molecule has 0 radical (unpaired) electrons. The minimum atomic E-state index is 0.158. The number of nitrogens with zero attached hydrogens (tertiary/aromatic N) is 2. The lowest BCUT2D eigenvalue weighted by atomic mass is 10.4. The number of nitrogens with two attached hydrogens (primary N) is 1. The summed E-state index contributed by atoms with van der Waals surface area (Å²) in [5, 5.41) is 0.158. The zero-order valence-electron chi connectivity index (χ0n) is 6.97. The van der Waals surface area contributed by atoms with Crippen LogP contribution in [0.3, 0.4) is 0 Å². The highest BCUT2D eigenvalue weighted by atomic mass is 35.5. The van der Waals surface area contributed by atoms with Crippen molar-refractivity contribution in [2.45, 2.75) is 13.8 Å². The molecule has 0 amide bonds. The molecule has 0 fully saturated rings. The normalized spacial score (nSPS) is 9.92. The van der Waals surface area contributed by atoms with Gasteiger partial charge in [0.1, 0.15) is 5.69 Å². The van der Waals surface area contributed by atoms with Crippen molar-refractivity contribution in [1.82, 2.24) is 9.97 Å². The van der Waals surface area contributed by atoms with Gasteiger partial charge in [-0.05, 0) is 25.4 Å². The number of hydrogen-bond acceptors (Lipinski definition) is 4. The zero-order valence-corrected chi connectivity index (χ0v) is 7.72. The van der Waals surface area contributed by atoms with Crippen molar-refractivity contribution < 1.29 is 4.74 Å². The van der Waals surface area contributed by atoms with Crippen molar-refractivity contribution in [3.63, 3.8) is 0 Å². The number of anilines is 1. The summed E-state index contributed by atoms with van der Waals surface area (Å²) in [4.78, 5) is 7.70. The second kappa shape index (κ2) is 3.58. The topological polar surface area (TPSA) is 61.0 Å². The van der Waals surface area contributed by atoms with Crippen molar-refractivity contribution in [2.75, 3.05) is 12.3 Å². The van der Waals surface area contributed by atoms with E-state index in [1.165, 1.54) is 0 Å². The molecule has 0 aliphatic carbocycles. The summed E-state index contributed by atoms with van der Waals surface area (Å²) < 4.78 is 5.14. The maximum absolute atomic E-state index is 5.63. The molecule has 0 aliphatic rings. The van der Waals surface area contributed by atoms with Crippen LogP contribution in [0.4, 0.5) is 5.69 Å². The Hall–Kier alpha value is -1.03. The van der Waals surface area contributed by atoms with Gasteiger partial charge in [0.15, 0.2) is 0 Å². The third kappa shape index (κ3) is 1.76. The van der Waals surface area contributed by atoms with E-state index >= 15 is 0 Å². The van der Waals surface area contributed by atoms with Gasteiger partial charge in [-0.1, -0.05) is 0 Å². The molecule has 1 heterocycles. The van der Waals surface area contributed by atoms with E-state index in [4.69, 9.17) is 22.1 Å². The average Bonchev–Trinajstić information content (AvgIpc) is 2.00. The molecule has 0 atom stereocenters. The number of nitrogen functional groups attached to an aromatic ring is 1. The highest BCUT2D eigenvalue weighted by Crippen LogP contribution is 2.22. The summed E-state index contributed by atoms with van der Waals surface area (Å²) in [5.41, 5.74) is 6.71. The Kier molecular flexibility index (Phi) is 2.70. The summed E-state index contributed by atoms with van der Waals surface area (Å²) >= 11 is 5.60. The van der Waals surface area contributed by atoms with E-state index in [9.17, 15) is 0 Å². The molecule has 0 bridgehead atoms. The van der Waals surface area contributed by atoms with Gasteiger partial charge in [0, 0.05) is 0 Å². The van der Waals surface area contributed by atoms with Crippen LogP contribution < -0.4 is 10.5 Å². The Morgan fingerprint density at radius 3 is 2.75 bits per heavy atom. The van der Waals surface area contributed by atoms with E-state index in [1.807, 2.05) is 6.92 Å². The second-order valence-electron chi connectivity index (χ2n) is 2.23. The standard InChI is InChI=1S/C7H10ClN3O/c1-3-12-6-5(9)4(2)10-7(8)11-6/h3,9H2,1-2H3. The lowest BCUT2D eigenvalue weighted by Crippen LogP contribution is -2.03. The Balaban J connectivity index is 3.09. The molecule has 12 heavy (non-hydrogen) atoms. The van der Waals surface area contributed by atoms with Crippen LogP contribution in [0.15, 0.2) is 0 Å². The molecule has 1 rings (SSSR count). The number of rotatable bonds is 2. The van der Waals surface area contributed by atoms with Crippen LogP contribution in [0.5, 0.6) is 5.88 Å². The van der Waals surface area contributed by atoms with Gasteiger partial charge in [-0.2, -0.15) is 4.98 Å². The van der Waals surface area contributed by atoms with Gasteiger partial charge >= 0.3 is 0 Å². The third-order valence-corrected chi connectivity index (χ3v) is 1.52. The summed E-state index contributed by atoms with van der Waals surface area (Å²) in [6.07, 6.45) is 0. The molecule has 0 spiro atoms. The van der Waals surface area contributed by atoms with Gasteiger partial charge < -0.3 is 10.5 Å². The monoisotopic (exact) mass is 187 g/mol. The van der Waals surface area contributed by atoms with E-state index in [-0.39, 0.29) is 5.28 Å². The number of aryl methyl sites for hydroxylation is 1. The molecule has 0 aromatic carbocycles. The molecule has 4 nitrogen and oxygen atoms in total. The van der Waals surface area contributed by atoms with E-state index in [1.54, 1.807) is 6.92 Å². The molecule has 66 valence electrons. The predicted octanol–water partition coefficient (Wildman–Crippen LogP) is 1.42. The van der Waals surface area contributed by atoms with E-state index in [2.05, 4.69) is 9.97 Å². The quantitative estimate of drug-likeness (QED) is 0.712. The molecule has 5 heteroatoms. The molecule has 0 saturated heterocycles. The van der Waals surface area contributed by atoms with Crippen LogP contribution in [0.25, 0.3) is 0 Å². The fourth-order valence-electron chi connectivity index (χ4n) is 0.769. The van der Waals surface area contributed by atoms with Gasteiger partial charge in [-0.15, -0.1) is 0 Å². The minimum Gasteiger partial charge on any atom is -0.476 e. The van der Waals surface area contributed by atoms with Crippen molar-refractivity contribution in [3.05, 3.63) is 11.0 Å². The Labute approximate surface area is 75.7 Å². The average molecular weight is 188 g/mol. The summed E-state index contributed by atoms with van der Waals surface area (Å²) in [6, 6.07) is 0. The number of halogens is 1. The highest BCUT2D eigenvalue weighted by Gasteiger charge is 2.07. The van der Waals surface area contributed by atoms with Gasteiger partial charge in [0.05, 0.1) is 12.3 Å². The fraction of sp³-hybridized carbons (Fsp3) is 0.429. The van der Waals surface area contributed by atoms with Gasteiger partial charge in [0.25, 0.3) is 0 Å². The molecule has 0 unspecified atom stereocenters. The third-order valence-electron chi connectivity index (χ3n) is 1.36. The minimum absolute atomic E-state index is 0.158. The molecule has 1 aromatic heterocycles. The molecular formula is C7H10ClN3O. The van der Waals surface area contributed by atoms with Gasteiger partial charge in [-0.25, -0.2) is 4.98 Å². The van der Waals surface area contributed by atoms with Gasteiger partial charge in [0.2, 0.25) is 11.2 Å². The number of ether oxygens (including phenoxy) is 1. The van der Waals surface area contributed by atoms with Crippen molar-refractivity contribution in [1.29, 1.82) is 0 Å². The van der Waals surface area contributed by atoms with Crippen molar-refractivity contribution in [3.8, 4) is 5.88 Å². The molecule has 0 saturated carbocycles. The summed E-state index contributed by atoms with van der Waals surface area (Å²) in [5.74, 6) is 0.356. The first-order chi connectivity index (χ1) is 5.65. The van der Waals surface area contributed by atoms with E-state index < -0.39 is 0 Å². The first-order valence-corrected chi connectivity index (χ1v) is 3.95. The van der Waals surface area contributed by atoms with Crippen LogP contribution >= 0.6 is 11.6 Å². The SMILES string of the molecule is CCOc1nc(Cl)nc(C)c1N. The molecule has 0 aliphatic heterocycles. The molecule has 2 N–H and O–H groups in total. The van der Waals surface area contributed by atoms with Crippen LogP contribution in [-0.4, -0.2) is 16.6 Å². The number of aromatic nitrogens is 2. The molecule has 1 aromatic rings. The zero-order chi connectivity index (χ0) is 9.14. The Bertz CT molecular complexity index is 290. The summed E-state index contributed by atoms with van der Waals surface area (Å²) in [7, 11) is 0. The second-order valence-corrected chi connectivity index (χ2v) is 2.57. The first-order valence-electron chi connectivity index (χ1n) is 3.57. The van der Waals surface area contributed by atoms with Gasteiger partial charge in [-0.3, -0.25) is 0 Å². The van der Waals surface area contributed by atoms with Crippen LogP contribution in [0, 0.1) is 6.92 Å². The predicted molar refractivity (Wildman–Crippen MR) is 47.4 cm³/mol. The fourth-order valence-corrected chi connectivity index (χ4v) is 0.973.